The normalized spacial score (nSPS) is 15.6. The van der Waals surface area contributed by atoms with Gasteiger partial charge in [0.15, 0.2) is 6.61 Å². The van der Waals surface area contributed by atoms with Gasteiger partial charge in [0.05, 0.1) is 12.5 Å². The van der Waals surface area contributed by atoms with Gasteiger partial charge in [0.25, 0.3) is 5.91 Å². The topological polar surface area (TPSA) is 76.1 Å². The van der Waals surface area contributed by atoms with Crippen LogP contribution >= 0.6 is 0 Å². The fraction of sp³-hybridized carbons (Fsp3) is 0.500. The molecule has 1 fully saturated rings. The molecular weight excluding hydrogens is 286 g/mol. The zero-order chi connectivity index (χ0) is 15.9. The Hall–Kier alpha value is -2.08. The van der Waals surface area contributed by atoms with Crippen LogP contribution in [0.5, 0.6) is 5.75 Å². The van der Waals surface area contributed by atoms with Crippen LogP contribution in [0.15, 0.2) is 24.3 Å². The second-order valence-corrected chi connectivity index (χ2v) is 5.32. The van der Waals surface area contributed by atoms with Crippen LogP contribution < -0.4 is 4.74 Å². The number of amides is 1. The number of rotatable bonds is 6. The minimum absolute atomic E-state index is 0.0336. The maximum Gasteiger partial charge on any atom is 0.307 e. The predicted molar refractivity (Wildman–Crippen MR) is 79.9 cm³/mol. The lowest BCUT2D eigenvalue weighted by molar-refractivity contribution is -0.137. The molecule has 1 amide bonds. The average Bonchev–Trinajstić information content (AvgIpc) is 2.52. The highest BCUT2D eigenvalue weighted by Crippen LogP contribution is 2.16. The third-order valence-electron chi connectivity index (χ3n) is 3.74. The molecule has 0 spiro atoms. The minimum atomic E-state index is -0.894. The highest BCUT2D eigenvalue weighted by Gasteiger charge is 2.22. The zero-order valence-corrected chi connectivity index (χ0v) is 12.7. The van der Waals surface area contributed by atoms with Crippen LogP contribution in [0.4, 0.5) is 0 Å². The number of likely N-dealkylation sites (tertiary alicyclic amines) is 1. The van der Waals surface area contributed by atoms with Crippen molar-refractivity contribution >= 4 is 11.9 Å². The molecule has 1 aromatic carbocycles. The molecule has 2 rings (SSSR count). The molecule has 1 aliphatic heterocycles. The van der Waals surface area contributed by atoms with Crippen LogP contribution in [0.25, 0.3) is 0 Å². The first-order chi connectivity index (χ1) is 10.6. The molecule has 0 aliphatic carbocycles. The number of ether oxygens (including phenoxy) is 2. The number of aliphatic carboxylic acids is 1. The maximum absolute atomic E-state index is 12.1. The van der Waals surface area contributed by atoms with E-state index in [4.69, 9.17) is 14.6 Å². The van der Waals surface area contributed by atoms with Crippen LogP contribution in [0.2, 0.25) is 0 Å². The summed E-state index contributed by atoms with van der Waals surface area (Å²) >= 11 is 0. The first kappa shape index (κ1) is 16.3. The molecule has 0 aromatic heterocycles. The number of carbonyl (C=O) groups excluding carboxylic acids is 1. The van der Waals surface area contributed by atoms with E-state index < -0.39 is 5.97 Å². The van der Waals surface area contributed by atoms with Crippen molar-refractivity contribution in [2.75, 3.05) is 26.8 Å². The van der Waals surface area contributed by atoms with Crippen molar-refractivity contribution in [3.05, 3.63) is 29.8 Å². The Bertz CT molecular complexity index is 523. The lowest BCUT2D eigenvalue weighted by Gasteiger charge is -2.31. The highest BCUT2D eigenvalue weighted by atomic mass is 16.5. The van der Waals surface area contributed by atoms with Crippen LogP contribution in [0, 0.1) is 0 Å². The quantitative estimate of drug-likeness (QED) is 0.858. The summed E-state index contributed by atoms with van der Waals surface area (Å²) in [4.78, 5) is 24.6. The van der Waals surface area contributed by atoms with Crippen LogP contribution in [-0.2, 0) is 20.7 Å². The molecule has 1 aromatic rings. The Balaban J connectivity index is 1.82. The molecule has 120 valence electrons. The summed E-state index contributed by atoms with van der Waals surface area (Å²) in [5.74, 6) is -0.439. The molecule has 22 heavy (non-hydrogen) atoms. The third-order valence-corrected chi connectivity index (χ3v) is 3.74. The summed E-state index contributed by atoms with van der Waals surface area (Å²) in [6.07, 6.45) is 1.86. The Morgan fingerprint density at radius 3 is 2.68 bits per heavy atom. The van der Waals surface area contributed by atoms with Gasteiger partial charge in [-0.3, -0.25) is 9.59 Å². The molecule has 0 atom stereocenters. The van der Waals surface area contributed by atoms with Gasteiger partial charge in [-0.2, -0.15) is 0 Å². The van der Waals surface area contributed by atoms with E-state index in [0.717, 1.165) is 12.8 Å². The number of carboxylic acid groups (broad SMARTS) is 1. The van der Waals surface area contributed by atoms with Gasteiger partial charge in [-0.25, -0.2) is 0 Å². The number of hydrogen-bond donors (Lipinski definition) is 1. The van der Waals surface area contributed by atoms with Crippen molar-refractivity contribution in [1.29, 1.82) is 0 Å². The zero-order valence-electron chi connectivity index (χ0n) is 12.7. The van der Waals surface area contributed by atoms with Gasteiger partial charge in [0.1, 0.15) is 5.75 Å². The average molecular weight is 307 g/mol. The van der Waals surface area contributed by atoms with Gasteiger partial charge in [-0.1, -0.05) is 12.1 Å². The molecule has 0 radical (unpaired) electrons. The lowest BCUT2D eigenvalue weighted by atomic mass is 10.1. The molecule has 6 heteroatoms. The number of hydrogen-bond acceptors (Lipinski definition) is 4. The fourth-order valence-electron chi connectivity index (χ4n) is 2.50. The smallest absolute Gasteiger partial charge is 0.307 e. The Kier molecular flexibility index (Phi) is 5.77. The molecular formula is C16H21NO5. The van der Waals surface area contributed by atoms with Crippen molar-refractivity contribution in [2.24, 2.45) is 0 Å². The van der Waals surface area contributed by atoms with Gasteiger partial charge in [0, 0.05) is 20.2 Å². The summed E-state index contributed by atoms with van der Waals surface area (Å²) in [5, 5.41) is 8.78. The van der Waals surface area contributed by atoms with E-state index in [9.17, 15) is 9.59 Å². The number of benzene rings is 1. The molecule has 0 unspecified atom stereocenters. The van der Waals surface area contributed by atoms with Crippen molar-refractivity contribution in [3.63, 3.8) is 0 Å². The number of carboxylic acids is 1. The summed E-state index contributed by atoms with van der Waals surface area (Å²) < 4.78 is 10.8. The number of carbonyl (C=O) groups is 2. The maximum atomic E-state index is 12.1. The SMILES string of the molecule is COC1CCN(C(=O)COc2cccc(CC(=O)O)c2)CC1. The molecule has 1 N–H and O–H groups in total. The number of nitrogens with zero attached hydrogens (tertiary/aromatic N) is 1. The van der Waals surface area contributed by atoms with Gasteiger partial charge in [-0.15, -0.1) is 0 Å². The van der Waals surface area contributed by atoms with E-state index in [0.29, 0.717) is 24.4 Å². The molecule has 0 saturated carbocycles. The van der Waals surface area contributed by atoms with Crippen LogP contribution in [0.3, 0.4) is 0 Å². The fourth-order valence-corrected chi connectivity index (χ4v) is 2.50. The van der Waals surface area contributed by atoms with Gasteiger partial charge in [0.2, 0.25) is 0 Å². The van der Waals surface area contributed by atoms with E-state index in [-0.39, 0.29) is 25.0 Å². The van der Waals surface area contributed by atoms with E-state index in [1.54, 1.807) is 36.3 Å². The van der Waals surface area contributed by atoms with E-state index >= 15 is 0 Å². The standard InChI is InChI=1S/C16H21NO5/c1-21-13-5-7-17(8-6-13)15(18)11-22-14-4-2-3-12(9-14)10-16(19)20/h2-4,9,13H,5-8,10-11H2,1H3,(H,19,20). The summed E-state index contributed by atoms with van der Waals surface area (Å²) in [6.45, 7) is 1.33. The monoisotopic (exact) mass is 307 g/mol. The summed E-state index contributed by atoms with van der Waals surface area (Å²) in [7, 11) is 1.69. The lowest BCUT2D eigenvalue weighted by Crippen LogP contribution is -2.42. The predicted octanol–water partition coefficient (Wildman–Crippen LogP) is 1.33. The third kappa shape index (κ3) is 4.73. The largest absolute Gasteiger partial charge is 0.484 e. The molecule has 1 heterocycles. The van der Waals surface area contributed by atoms with Crippen molar-refractivity contribution in [2.45, 2.75) is 25.4 Å². The van der Waals surface area contributed by atoms with Crippen molar-refractivity contribution in [3.8, 4) is 5.75 Å². The molecule has 1 saturated heterocycles. The highest BCUT2D eigenvalue weighted by molar-refractivity contribution is 5.78. The number of piperidine rings is 1. The van der Waals surface area contributed by atoms with Gasteiger partial charge >= 0.3 is 5.97 Å². The molecule has 1 aliphatic rings. The van der Waals surface area contributed by atoms with Crippen LogP contribution in [-0.4, -0.2) is 54.8 Å². The second-order valence-electron chi connectivity index (χ2n) is 5.32. The summed E-state index contributed by atoms with van der Waals surface area (Å²) in [5.41, 5.74) is 0.651. The molecule has 6 nitrogen and oxygen atoms in total. The van der Waals surface area contributed by atoms with E-state index in [1.165, 1.54) is 0 Å². The van der Waals surface area contributed by atoms with E-state index in [1.807, 2.05) is 0 Å². The van der Waals surface area contributed by atoms with Gasteiger partial charge in [-0.05, 0) is 30.5 Å². The first-order valence-electron chi connectivity index (χ1n) is 7.32. The first-order valence-corrected chi connectivity index (χ1v) is 7.32. The minimum Gasteiger partial charge on any atom is -0.484 e. The Morgan fingerprint density at radius 2 is 2.05 bits per heavy atom. The van der Waals surface area contributed by atoms with E-state index in [2.05, 4.69) is 0 Å². The second kappa shape index (κ2) is 7.79. The van der Waals surface area contributed by atoms with Crippen molar-refractivity contribution < 1.29 is 24.2 Å². The number of methoxy groups -OCH3 is 1. The van der Waals surface area contributed by atoms with Gasteiger partial charge < -0.3 is 19.5 Å². The summed E-state index contributed by atoms with van der Waals surface area (Å²) in [6, 6.07) is 6.81. The Morgan fingerprint density at radius 1 is 1.32 bits per heavy atom. The molecule has 0 bridgehead atoms. The van der Waals surface area contributed by atoms with Crippen LogP contribution in [0.1, 0.15) is 18.4 Å². The van der Waals surface area contributed by atoms with Crippen molar-refractivity contribution in [1.82, 2.24) is 4.90 Å². The Labute approximate surface area is 129 Å².